The van der Waals surface area contributed by atoms with Crippen molar-refractivity contribution in [1.29, 1.82) is 0 Å². The Bertz CT molecular complexity index is 531. The number of thioether (sulfide) groups is 1. The van der Waals surface area contributed by atoms with Gasteiger partial charge in [-0.15, -0.1) is 23.1 Å². The first-order chi connectivity index (χ1) is 9.74. The van der Waals surface area contributed by atoms with E-state index in [-0.39, 0.29) is 0 Å². The van der Waals surface area contributed by atoms with Crippen LogP contribution in [-0.2, 0) is 23.6 Å². The summed E-state index contributed by atoms with van der Waals surface area (Å²) in [4.78, 5) is 7.29. The number of thiazole rings is 1. The summed E-state index contributed by atoms with van der Waals surface area (Å²) in [5, 5.41) is 4.35. The Hall–Kier alpha value is -0.880. The molecule has 1 aromatic carbocycles. The number of ether oxygens (including phenoxy) is 1. The maximum absolute atomic E-state index is 5.22. The number of hydrogen-bond acceptors (Lipinski definition) is 5. The molecule has 0 fully saturated rings. The first-order valence-corrected chi connectivity index (χ1v) is 8.34. The van der Waals surface area contributed by atoms with E-state index in [0.29, 0.717) is 6.61 Å². The van der Waals surface area contributed by atoms with E-state index in [1.165, 1.54) is 15.3 Å². The van der Waals surface area contributed by atoms with Crippen molar-refractivity contribution in [1.82, 2.24) is 10.3 Å². The molecule has 1 aromatic heterocycles. The van der Waals surface area contributed by atoms with Crippen LogP contribution in [0.4, 0.5) is 0 Å². The van der Waals surface area contributed by atoms with Gasteiger partial charge in [-0.1, -0.05) is 18.2 Å². The molecule has 1 heterocycles. The van der Waals surface area contributed by atoms with Crippen molar-refractivity contribution in [2.45, 2.75) is 30.7 Å². The number of nitrogens with one attached hydrogen (secondary N) is 1. The Morgan fingerprint density at radius 2 is 2.15 bits per heavy atom. The first-order valence-electron chi connectivity index (χ1n) is 6.54. The summed E-state index contributed by atoms with van der Waals surface area (Å²) in [5.41, 5.74) is 2.38. The molecular weight excluding hydrogens is 288 g/mol. The van der Waals surface area contributed by atoms with E-state index in [4.69, 9.17) is 9.72 Å². The Morgan fingerprint density at radius 3 is 2.85 bits per heavy atom. The summed E-state index contributed by atoms with van der Waals surface area (Å²) in [6, 6.07) is 8.47. The molecule has 0 aliphatic carbocycles. The lowest BCUT2D eigenvalue weighted by atomic mass is 10.2. The standard InChI is InChI=1S/C15H20N2OS2/c1-11-6-4-5-7-13(11)19-10-15-17-12(9-18-3)14(20-15)8-16-2/h4-7,16H,8-10H2,1-3H3. The SMILES string of the molecule is CNCc1sc(CSc2ccccc2C)nc1COC. The quantitative estimate of drug-likeness (QED) is 0.792. The minimum atomic E-state index is 0.586. The zero-order valence-corrected chi connectivity index (χ0v) is 13.7. The van der Waals surface area contributed by atoms with Crippen LogP contribution in [0.3, 0.4) is 0 Å². The van der Waals surface area contributed by atoms with Crippen molar-refractivity contribution in [3.63, 3.8) is 0 Å². The third-order valence-corrected chi connectivity index (χ3v) is 5.35. The van der Waals surface area contributed by atoms with Crippen molar-refractivity contribution in [2.24, 2.45) is 0 Å². The molecule has 1 N–H and O–H groups in total. The Labute approximate surface area is 128 Å². The van der Waals surface area contributed by atoms with Gasteiger partial charge in [-0.25, -0.2) is 4.98 Å². The number of rotatable bonds is 7. The fourth-order valence-corrected chi connectivity index (χ4v) is 4.01. The minimum absolute atomic E-state index is 0.586. The van der Waals surface area contributed by atoms with Crippen LogP contribution in [0.2, 0.25) is 0 Å². The number of nitrogens with zero attached hydrogens (tertiary/aromatic N) is 1. The fraction of sp³-hybridized carbons (Fsp3) is 0.400. The second-order valence-electron chi connectivity index (χ2n) is 4.49. The van der Waals surface area contributed by atoms with Gasteiger partial charge in [0, 0.05) is 23.4 Å². The lowest BCUT2D eigenvalue weighted by molar-refractivity contribution is 0.181. The van der Waals surface area contributed by atoms with Crippen molar-refractivity contribution in [3.8, 4) is 0 Å². The van der Waals surface area contributed by atoms with E-state index in [9.17, 15) is 0 Å². The average molecular weight is 308 g/mol. The van der Waals surface area contributed by atoms with Gasteiger partial charge in [0.1, 0.15) is 5.01 Å². The van der Waals surface area contributed by atoms with Gasteiger partial charge in [0.15, 0.2) is 0 Å². The fourth-order valence-electron chi connectivity index (χ4n) is 1.90. The highest BCUT2D eigenvalue weighted by molar-refractivity contribution is 7.98. The summed E-state index contributed by atoms with van der Waals surface area (Å²) >= 11 is 3.62. The van der Waals surface area contributed by atoms with Crippen LogP contribution in [-0.4, -0.2) is 19.1 Å². The molecule has 2 aromatic rings. The maximum Gasteiger partial charge on any atom is 0.104 e. The molecule has 3 nitrogen and oxygen atoms in total. The monoisotopic (exact) mass is 308 g/mol. The molecule has 2 rings (SSSR count). The zero-order valence-electron chi connectivity index (χ0n) is 12.1. The smallest absolute Gasteiger partial charge is 0.104 e. The Balaban J connectivity index is 2.06. The molecule has 0 bridgehead atoms. The van der Waals surface area contributed by atoms with E-state index in [2.05, 4.69) is 36.5 Å². The van der Waals surface area contributed by atoms with Crippen molar-refractivity contribution >= 4 is 23.1 Å². The Kier molecular flexibility index (Phi) is 6.04. The molecule has 0 amide bonds. The molecule has 0 aliphatic rings. The molecule has 0 radical (unpaired) electrons. The molecular formula is C15H20N2OS2. The topological polar surface area (TPSA) is 34.2 Å². The summed E-state index contributed by atoms with van der Waals surface area (Å²) < 4.78 is 5.22. The summed E-state index contributed by atoms with van der Waals surface area (Å²) in [6.45, 7) is 3.58. The number of benzene rings is 1. The van der Waals surface area contributed by atoms with Gasteiger partial charge in [-0.05, 0) is 25.6 Å². The van der Waals surface area contributed by atoms with Crippen molar-refractivity contribution in [2.75, 3.05) is 14.2 Å². The second kappa shape index (κ2) is 7.78. The van der Waals surface area contributed by atoms with E-state index in [0.717, 1.165) is 23.0 Å². The normalized spacial score (nSPS) is 10.9. The number of aryl methyl sites for hydroxylation is 1. The second-order valence-corrected chi connectivity index (χ2v) is 6.68. The Morgan fingerprint density at radius 1 is 1.35 bits per heavy atom. The number of methoxy groups -OCH3 is 1. The van der Waals surface area contributed by atoms with E-state index in [1.54, 1.807) is 18.4 Å². The molecule has 0 saturated carbocycles. The predicted molar refractivity (Wildman–Crippen MR) is 86.3 cm³/mol. The summed E-state index contributed by atoms with van der Waals surface area (Å²) in [7, 11) is 3.67. The highest BCUT2D eigenvalue weighted by Gasteiger charge is 2.11. The van der Waals surface area contributed by atoms with E-state index >= 15 is 0 Å². The molecule has 108 valence electrons. The van der Waals surface area contributed by atoms with Crippen LogP contribution in [0, 0.1) is 6.92 Å². The van der Waals surface area contributed by atoms with Crippen LogP contribution in [0.25, 0.3) is 0 Å². The van der Waals surface area contributed by atoms with Crippen LogP contribution >= 0.6 is 23.1 Å². The van der Waals surface area contributed by atoms with Gasteiger partial charge in [-0.2, -0.15) is 0 Å². The van der Waals surface area contributed by atoms with E-state index in [1.807, 2.05) is 18.8 Å². The average Bonchev–Trinajstić information content (AvgIpc) is 2.81. The summed E-state index contributed by atoms with van der Waals surface area (Å²) in [6.07, 6.45) is 0. The van der Waals surface area contributed by atoms with Gasteiger partial charge >= 0.3 is 0 Å². The van der Waals surface area contributed by atoms with Crippen LogP contribution in [0.1, 0.15) is 21.1 Å². The van der Waals surface area contributed by atoms with Crippen molar-refractivity contribution in [3.05, 3.63) is 45.4 Å². The van der Waals surface area contributed by atoms with Gasteiger partial charge in [0.05, 0.1) is 18.1 Å². The molecule has 20 heavy (non-hydrogen) atoms. The molecule has 0 spiro atoms. The van der Waals surface area contributed by atoms with E-state index < -0.39 is 0 Å². The lowest BCUT2D eigenvalue weighted by Crippen LogP contribution is -2.06. The lowest BCUT2D eigenvalue weighted by Gasteiger charge is -2.02. The largest absolute Gasteiger partial charge is 0.378 e. The highest BCUT2D eigenvalue weighted by Crippen LogP contribution is 2.29. The molecule has 5 heteroatoms. The maximum atomic E-state index is 5.22. The molecule has 0 atom stereocenters. The summed E-state index contributed by atoms with van der Waals surface area (Å²) in [5.74, 6) is 0.913. The number of aromatic nitrogens is 1. The molecule has 0 saturated heterocycles. The molecule has 0 aliphatic heterocycles. The van der Waals surface area contributed by atoms with Gasteiger partial charge in [0.2, 0.25) is 0 Å². The third-order valence-electron chi connectivity index (χ3n) is 2.89. The first kappa shape index (κ1) is 15.5. The number of hydrogen-bond donors (Lipinski definition) is 1. The van der Waals surface area contributed by atoms with Gasteiger partial charge in [-0.3, -0.25) is 0 Å². The highest BCUT2D eigenvalue weighted by atomic mass is 32.2. The predicted octanol–water partition coefficient (Wildman–Crippen LogP) is 3.61. The van der Waals surface area contributed by atoms with Gasteiger partial charge in [0.25, 0.3) is 0 Å². The van der Waals surface area contributed by atoms with Crippen LogP contribution in [0.5, 0.6) is 0 Å². The molecule has 0 unspecified atom stereocenters. The third kappa shape index (κ3) is 4.06. The van der Waals surface area contributed by atoms with Gasteiger partial charge < -0.3 is 10.1 Å². The van der Waals surface area contributed by atoms with Crippen LogP contribution in [0.15, 0.2) is 29.2 Å². The zero-order chi connectivity index (χ0) is 14.4. The van der Waals surface area contributed by atoms with Crippen LogP contribution < -0.4 is 5.32 Å². The van der Waals surface area contributed by atoms with Crippen molar-refractivity contribution < 1.29 is 4.74 Å². The minimum Gasteiger partial charge on any atom is -0.378 e.